The molecule has 1 aromatic rings. The summed E-state index contributed by atoms with van der Waals surface area (Å²) in [6.07, 6.45) is 3.11. The van der Waals surface area contributed by atoms with Crippen LogP contribution >= 0.6 is 24.0 Å². The van der Waals surface area contributed by atoms with Crippen molar-refractivity contribution in [1.82, 2.24) is 4.90 Å². The van der Waals surface area contributed by atoms with Crippen molar-refractivity contribution in [2.24, 2.45) is 0 Å². The molecular weight excluding hydrogens is 328 g/mol. The summed E-state index contributed by atoms with van der Waals surface area (Å²) in [4.78, 5) is 25.2. The van der Waals surface area contributed by atoms with Gasteiger partial charge in [0.25, 0.3) is 0 Å². The maximum atomic E-state index is 12.0. The highest BCUT2D eigenvalue weighted by molar-refractivity contribution is 8.23. The van der Waals surface area contributed by atoms with Crippen LogP contribution in [-0.4, -0.2) is 33.3 Å². The van der Waals surface area contributed by atoms with E-state index in [1.807, 2.05) is 32.0 Å². The second-order valence-electron chi connectivity index (χ2n) is 5.71. The van der Waals surface area contributed by atoms with E-state index in [0.29, 0.717) is 23.0 Å². The first kappa shape index (κ1) is 17.9. The zero-order valence-electron chi connectivity index (χ0n) is 13.6. The third-order valence-corrected chi connectivity index (χ3v) is 5.44. The average molecular weight is 351 g/mol. The van der Waals surface area contributed by atoms with E-state index in [1.54, 1.807) is 4.90 Å². The molecule has 1 aliphatic heterocycles. The van der Waals surface area contributed by atoms with Crippen LogP contribution in [0.5, 0.6) is 0 Å². The third kappa shape index (κ3) is 5.04. The fourth-order valence-electron chi connectivity index (χ4n) is 2.43. The predicted molar refractivity (Wildman–Crippen MR) is 99.8 cm³/mol. The van der Waals surface area contributed by atoms with Crippen LogP contribution in [0, 0.1) is 13.8 Å². The number of nitrogens with one attached hydrogen (secondary N) is 1. The van der Waals surface area contributed by atoms with E-state index in [9.17, 15) is 9.59 Å². The van der Waals surface area contributed by atoms with Crippen molar-refractivity contribution in [2.75, 3.05) is 17.6 Å². The van der Waals surface area contributed by atoms with Crippen LogP contribution in [0.3, 0.4) is 0 Å². The Balaban J connectivity index is 1.66. The van der Waals surface area contributed by atoms with Crippen molar-refractivity contribution in [3.05, 3.63) is 29.3 Å². The Morgan fingerprint density at radius 3 is 2.78 bits per heavy atom. The summed E-state index contributed by atoms with van der Waals surface area (Å²) in [6.45, 7) is 4.72. The van der Waals surface area contributed by atoms with Gasteiger partial charge >= 0.3 is 0 Å². The molecule has 0 unspecified atom stereocenters. The molecule has 0 aliphatic carbocycles. The minimum atomic E-state index is 0.0435. The van der Waals surface area contributed by atoms with E-state index in [2.05, 4.69) is 5.32 Å². The molecule has 2 rings (SSSR count). The Kier molecular flexibility index (Phi) is 6.59. The molecule has 0 saturated carbocycles. The molecule has 124 valence electrons. The van der Waals surface area contributed by atoms with Gasteiger partial charge < -0.3 is 5.32 Å². The van der Waals surface area contributed by atoms with Crippen molar-refractivity contribution in [1.29, 1.82) is 0 Å². The fourth-order valence-corrected chi connectivity index (χ4v) is 3.55. The monoisotopic (exact) mass is 350 g/mol. The van der Waals surface area contributed by atoms with Crippen molar-refractivity contribution < 1.29 is 9.59 Å². The lowest BCUT2D eigenvalue weighted by Crippen LogP contribution is -2.29. The molecular formula is C17H22N2O2S2. The molecule has 1 aromatic carbocycles. The van der Waals surface area contributed by atoms with Crippen molar-refractivity contribution >= 4 is 45.8 Å². The van der Waals surface area contributed by atoms with Gasteiger partial charge in [0.1, 0.15) is 4.32 Å². The first-order chi connectivity index (χ1) is 11.0. The molecule has 0 bridgehead atoms. The molecule has 1 saturated heterocycles. The van der Waals surface area contributed by atoms with Crippen LogP contribution in [0.2, 0.25) is 0 Å². The Bertz CT molecular complexity index is 601. The lowest BCUT2D eigenvalue weighted by molar-refractivity contribution is -0.124. The summed E-state index contributed by atoms with van der Waals surface area (Å²) in [7, 11) is 0. The number of hydrogen-bond donors (Lipinski definition) is 1. The van der Waals surface area contributed by atoms with Gasteiger partial charge in [-0.1, -0.05) is 42.5 Å². The molecule has 2 amide bonds. The van der Waals surface area contributed by atoms with E-state index < -0.39 is 0 Å². The number of nitrogens with zero attached hydrogens (tertiary/aromatic N) is 1. The molecule has 0 atom stereocenters. The van der Waals surface area contributed by atoms with Crippen LogP contribution in [-0.2, 0) is 9.59 Å². The molecule has 1 fully saturated rings. The molecule has 0 aromatic heterocycles. The molecule has 1 aliphatic rings. The van der Waals surface area contributed by atoms with Crippen molar-refractivity contribution in [2.45, 2.75) is 39.5 Å². The number of rotatable bonds is 7. The minimum Gasteiger partial charge on any atom is -0.326 e. The molecule has 23 heavy (non-hydrogen) atoms. The zero-order valence-corrected chi connectivity index (χ0v) is 15.2. The highest BCUT2D eigenvalue weighted by atomic mass is 32.2. The average Bonchev–Trinajstić information content (AvgIpc) is 2.83. The number of thioether (sulfide) groups is 1. The number of thiocarbonyl (C=S) groups is 1. The smallest absolute Gasteiger partial charge is 0.238 e. The first-order valence-corrected chi connectivity index (χ1v) is 9.21. The normalized spacial score (nSPS) is 14.4. The maximum absolute atomic E-state index is 12.0. The topological polar surface area (TPSA) is 49.4 Å². The molecule has 0 radical (unpaired) electrons. The maximum Gasteiger partial charge on any atom is 0.238 e. The summed E-state index contributed by atoms with van der Waals surface area (Å²) in [5.74, 6) is 0.617. The molecule has 1 heterocycles. The lowest BCUT2D eigenvalue weighted by atomic mass is 10.1. The van der Waals surface area contributed by atoms with Gasteiger partial charge in [-0.05, 0) is 43.9 Å². The van der Waals surface area contributed by atoms with Crippen molar-refractivity contribution in [3.63, 3.8) is 0 Å². The van der Waals surface area contributed by atoms with Crippen molar-refractivity contribution in [3.8, 4) is 0 Å². The minimum absolute atomic E-state index is 0.0435. The number of aryl methyl sites for hydroxylation is 1. The summed E-state index contributed by atoms with van der Waals surface area (Å²) >= 11 is 6.57. The second-order valence-corrected chi connectivity index (χ2v) is 7.32. The van der Waals surface area contributed by atoms with E-state index in [0.717, 1.165) is 30.5 Å². The van der Waals surface area contributed by atoms with Crippen LogP contribution in [0.4, 0.5) is 5.69 Å². The zero-order chi connectivity index (χ0) is 16.8. The largest absolute Gasteiger partial charge is 0.326 e. The standard InChI is InChI=1S/C17H22N2O2S2/c1-12-7-6-8-14(13(12)2)18-15(20)9-4-3-5-10-19-16(21)11-23-17(19)22/h6-8H,3-5,9-11H2,1-2H3,(H,18,20). The van der Waals surface area contributed by atoms with Gasteiger partial charge in [0.15, 0.2) is 0 Å². The van der Waals surface area contributed by atoms with Gasteiger partial charge in [0.2, 0.25) is 11.8 Å². The molecule has 0 spiro atoms. The van der Waals surface area contributed by atoms with Gasteiger partial charge in [-0.2, -0.15) is 0 Å². The Morgan fingerprint density at radius 2 is 2.09 bits per heavy atom. The van der Waals surface area contributed by atoms with E-state index in [4.69, 9.17) is 12.2 Å². The highest BCUT2D eigenvalue weighted by Crippen LogP contribution is 2.20. The molecule has 1 N–H and O–H groups in total. The van der Waals surface area contributed by atoms with E-state index >= 15 is 0 Å². The Morgan fingerprint density at radius 1 is 1.30 bits per heavy atom. The lowest BCUT2D eigenvalue weighted by Gasteiger charge is -2.14. The summed E-state index contributed by atoms with van der Waals surface area (Å²) in [5, 5.41) is 2.97. The molecule has 4 nitrogen and oxygen atoms in total. The number of benzene rings is 1. The van der Waals surface area contributed by atoms with Crippen LogP contribution in [0.15, 0.2) is 18.2 Å². The first-order valence-electron chi connectivity index (χ1n) is 7.82. The van der Waals surface area contributed by atoms with Gasteiger partial charge in [0.05, 0.1) is 5.75 Å². The molecule has 6 heteroatoms. The summed E-state index contributed by atoms with van der Waals surface area (Å²) in [6, 6.07) is 5.91. The van der Waals surface area contributed by atoms with Gasteiger partial charge in [-0.3, -0.25) is 14.5 Å². The quantitative estimate of drug-likeness (QED) is 0.602. The third-order valence-electron chi connectivity index (χ3n) is 4.00. The number of unbranched alkanes of at least 4 members (excludes halogenated alkanes) is 2. The predicted octanol–water partition coefficient (Wildman–Crippen LogP) is 3.66. The van der Waals surface area contributed by atoms with Gasteiger partial charge in [-0.25, -0.2) is 0 Å². The number of hydrogen-bond acceptors (Lipinski definition) is 4. The number of carbonyl (C=O) groups is 2. The Labute approximate surface area is 147 Å². The number of amides is 2. The fraction of sp³-hybridized carbons (Fsp3) is 0.471. The summed E-state index contributed by atoms with van der Waals surface area (Å²) in [5.41, 5.74) is 3.17. The van der Waals surface area contributed by atoms with Crippen LogP contribution < -0.4 is 5.32 Å². The Hall–Kier alpha value is -1.40. The second kappa shape index (κ2) is 8.45. The number of carbonyl (C=O) groups excluding carboxylic acids is 2. The van der Waals surface area contributed by atoms with Crippen LogP contribution in [0.1, 0.15) is 36.8 Å². The SMILES string of the molecule is Cc1cccc(NC(=O)CCCCCN2C(=O)CSC2=S)c1C. The van der Waals surface area contributed by atoms with Crippen LogP contribution in [0.25, 0.3) is 0 Å². The van der Waals surface area contributed by atoms with E-state index in [-0.39, 0.29) is 11.8 Å². The summed E-state index contributed by atoms with van der Waals surface area (Å²) < 4.78 is 0.683. The highest BCUT2D eigenvalue weighted by Gasteiger charge is 2.25. The van der Waals surface area contributed by atoms with Gasteiger partial charge in [0, 0.05) is 18.7 Å². The number of anilines is 1. The van der Waals surface area contributed by atoms with E-state index in [1.165, 1.54) is 17.3 Å². The van der Waals surface area contributed by atoms with Gasteiger partial charge in [-0.15, -0.1) is 0 Å².